The highest BCUT2D eigenvalue weighted by atomic mass is 16.5. The van der Waals surface area contributed by atoms with Crippen LogP contribution in [0, 0.1) is 0 Å². The Balaban J connectivity index is 3.46. The number of carbonyl (C=O) groups is 2. The Morgan fingerprint density at radius 1 is 0.893 bits per heavy atom. The third kappa shape index (κ3) is 17.6. The zero-order valence-corrected chi connectivity index (χ0v) is 18.2. The lowest BCUT2D eigenvalue weighted by Crippen LogP contribution is -2.30. The molecule has 0 spiro atoms. The van der Waals surface area contributed by atoms with Gasteiger partial charge in [0.2, 0.25) is 5.91 Å². The summed E-state index contributed by atoms with van der Waals surface area (Å²) < 4.78 is 4.88. The Morgan fingerprint density at radius 3 is 2.14 bits per heavy atom. The van der Waals surface area contributed by atoms with E-state index in [1.165, 1.54) is 44.9 Å². The van der Waals surface area contributed by atoms with E-state index < -0.39 is 5.97 Å². The first-order chi connectivity index (χ1) is 13.6. The van der Waals surface area contributed by atoms with Gasteiger partial charge in [0.05, 0.1) is 6.54 Å². The van der Waals surface area contributed by atoms with Gasteiger partial charge in [0, 0.05) is 19.5 Å². The third-order valence-corrected chi connectivity index (χ3v) is 4.60. The first kappa shape index (κ1) is 26.2. The number of ether oxygens (including phenoxy) is 1. The van der Waals surface area contributed by atoms with Crippen LogP contribution in [0.3, 0.4) is 0 Å². The van der Waals surface area contributed by atoms with Gasteiger partial charge in [-0.05, 0) is 38.5 Å². The Hall–Kier alpha value is -1.84. The molecule has 1 amide bonds. The van der Waals surface area contributed by atoms with E-state index in [9.17, 15) is 9.59 Å². The summed E-state index contributed by atoms with van der Waals surface area (Å²) in [5.41, 5.74) is 0. The number of esters is 1. The topological polar surface area (TPSA) is 46.6 Å². The molecule has 0 fully saturated rings. The van der Waals surface area contributed by atoms with Crippen LogP contribution in [0.25, 0.3) is 0 Å². The van der Waals surface area contributed by atoms with Gasteiger partial charge in [-0.3, -0.25) is 4.79 Å². The van der Waals surface area contributed by atoms with E-state index in [0.29, 0.717) is 13.0 Å². The molecule has 0 saturated carbocycles. The molecule has 0 bridgehead atoms. The number of rotatable bonds is 18. The average molecular weight is 392 g/mol. The highest BCUT2D eigenvalue weighted by Crippen LogP contribution is 2.09. The Kier molecular flexibility index (Phi) is 18.6. The van der Waals surface area contributed by atoms with E-state index in [-0.39, 0.29) is 12.5 Å². The average Bonchev–Trinajstić information content (AvgIpc) is 2.70. The highest BCUT2D eigenvalue weighted by Gasteiger charge is 2.08. The van der Waals surface area contributed by atoms with Crippen LogP contribution in [0.5, 0.6) is 0 Å². The monoisotopic (exact) mass is 391 g/mol. The Labute approximate surface area is 172 Å². The van der Waals surface area contributed by atoms with E-state index in [1.807, 2.05) is 0 Å². The normalized spacial score (nSPS) is 11.2. The number of amides is 1. The highest BCUT2D eigenvalue weighted by molar-refractivity contribution is 5.81. The lowest BCUT2D eigenvalue weighted by atomic mass is 10.1. The molecular weight excluding hydrogens is 350 g/mol. The quantitative estimate of drug-likeness (QED) is 0.125. The molecule has 0 N–H and O–H groups in total. The molecule has 0 aliphatic carbocycles. The van der Waals surface area contributed by atoms with E-state index in [4.69, 9.17) is 4.74 Å². The summed E-state index contributed by atoms with van der Waals surface area (Å²) in [6.45, 7) is 6.22. The van der Waals surface area contributed by atoms with Crippen molar-refractivity contribution in [2.45, 2.75) is 84.0 Å². The standard InChI is InChI=1S/C24H41NO3/c1-4-6-7-8-9-10-11-12-13-14-15-16-17-18-19-20-23(26)25(3)21-22-28-24(27)5-2/h5,9-10,12-13H,2,4,6-8,11,14-22H2,1,3H3/b10-9+,13-12+. The summed E-state index contributed by atoms with van der Waals surface area (Å²) in [5.74, 6) is -0.338. The van der Waals surface area contributed by atoms with Gasteiger partial charge in [-0.2, -0.15) is 0 Å². The second-order valence-electron chi connectivity index (χ2n) is 7.17. The zero-order chi connectivity index (χ0) is 20.9. The summed E-state index contributed by atoms with van der Waals surface area (Å²) in [6, 6.07) is 0. The van der Waals surface area contributed by atoms with Crippen LogP contribution in [0.1, 0.15) is 84.0 Å². The third-order valence-electron chi connectivity index (χ3n) is 4.60. The molecule has 0 radical (unpaired) electrons. The van der Waals surface area contributed by atoms with Gasteiger partial charge in [-0.15, -0.1) is 0 Å². The first-order valence-electron chi connectivity index (χ1n) is 10.9. The fourth-order valence-electron chi connectivity index (χ4n) is 2.75. The van der Waals surface area contributed by atoms with Crippen molar-refractivity contribution < 1.29 is 14.3 Å². The molecule has 0 aromatic carbocycles. The van der Waals surface area contributed by atoms with Crippen molar-refractivity contribution in [3.63, 3.8) is 0 Å². The van der Waals surface area contributed by atoms with Crippen molar-refractivity contribution in [1.29, 1.82) is 0 Å². The van der Waals surface area contributed by atoms with Crippen molar-refractivity contribution >= 4 is 11.9 Å². The SMILES string of the molecule is C=CC(=O)OCCN(C)C(=O)CCCCCCC/C=C/C/C=C/CCCCC. The predicted octanol–water partition coefficient (Wildman–Crippen LogP) is 5.99. The fourth-order valence-corrected chi connectivity index (χ4v) is 2.75. The van der Waals surface area contributed by atoms with Crippen LogP contribution in [-0.2, 0) is 14.3 Å². The summed E-state index contributed by atoms with van der Waals surface area (Å²) in [7, 11) is 1.75. The van der Waals surface area contributed by atoms with E-state index in [2.05, 4.69) is 37.8 Å². The number of hydrogen-bond acceptors (Lipinski definition) is 3. The lowest BCUT2D eigenvalue weighted by Gasteiger charge is -2.16. The molecular formula is C24H41NO3. The van der Waals surface area contributed by atoms with Gasteiger partial charge in [-0.1, -0.05) is 69.9 Å². The summed E-state index contributed by atoms with van der Waals surface area (Å²) >= 11 is 0. The number of unbranched alkanes of at least 4 members (excludes halogenated alkanes) is 8. The maximum absolute atomic E-state index is 12.0. The van der Waals surface area contributed by atoms with E-state index >= 15 is 0 Å². The van der Waals surface area contributed by atoms with Gasteiger partial charge < -0.3 is 9.64 Å². The molecule has 0 aliphatic heterocycles. The molecule has 0 rings (SSSR count). The maximum atomic E-state index is 12.0. The van der Waals surface area contributed by atoms with Gasteiger partial charge >= 0.3 is 5.97 Å². The number of nitrogens with zero attached hydrogens (tertiary/aromatic N) is 1. The second kappa shape index (κ2) is 19.9. The molecule has 160 valence electrons. The van der Waals surface area contributed by atoms with Crippen LogP contribution >= 0.6 is 0 Å². The number of hydrogen-bond donors (Lipinski definition) is 0. The van der Waals surface area contributed by atoms with Crippen LogP contribution in [0.4, 0.5) is 0 Å². The minimum absolute atomic E-state index is 0.111. The molecule has 0 aromatic rings. The molecule has 0 saturated heterocycles. The van der Waals surface area contributed by atoms with Gasteiger partial charge in [0.15, 0.2) is 0 Å². The number of carbonyl (C=O) groups excluding carboxylic acids is 2. The fraction of sp³-hybridized carbons (Fsp3) is 0.667. The van der Waals surface area contributed by atoms with Crippen molar-refractivity contribution in [2.24, 2.45) is 0 Å². The van der Waals surface area contributed by atoms with Crippen LogP contribution in [0.15, 0.2) is 37.0 Å². The van der Waals surface area contributed by atoms with Crippen molar-refractivity contribution in [3.8, 4) is 0 Å². The minimum Gasteiger partial charge on any atom is -0.461 e. The lowest BCUT2D eigenvalue weighted by molar-refractivity contribution is -0.140. The number of allylic oxidation sites excluding steroid dienone is 4. The van der Waals surface area contributed by atoms with Crippen molar-refractivity contribution in [3.05, 3.63) is 37.0 Å². The minimum atomic E-state index is -0.449. The largest absolute Gasteiger partial charge is 0.461 e. The molecule has 0 aromatic heterocycles. The smallest absolute Gasteiger partial charge is 0.330 e. The Morgan fingerprint density at radius 2 is 1.50 bits per heavy atom. The molecule has 0 atom stereocenters. The van der Waals surface area contributed by atoms with Crippen LogP contribution in [-0.4, -0.2) is 37.0 Å². The molecule has 0 heterocycles. The van der Waals surface area contributed by atoms with Crippen LogP contribution in [0.2, 0.25) is 0 Å². The summed E-state index contributed by atoms with van der Waals surface area (Å²) in [5, 5.41) is 0. The second-order valence-corrected chi connectivity index (χ2v) is 7.17. The van der Waals surface area contributed by atoms with E-state index in [1.54, 1.807) is 11.9 Å². The van der Waals surface area contributed by atoms with Crippen molar-refractivity contribution in [1.82, 2.24) is 4.90 Å². The number of likely N-dealkylation sites (N-methyl/N-ethyl adjacent to an activating group) is 1. The van der Waals surface area contributed by atoms with Gasteiger partial charge in [-0.25, -0.2) is 4.79 Å². The molecule has 4 heteroatoms. The maximum Gasteiger partial charge on any atom is 0.330 e. The van der Waals surface area contributed by atoms with Gasteiger partial charge in [0.25, 0.3) is 0 Å². The predicted molar refractivity (Wildman–Crippen MR) is 118 cm³/mol. The van der Waals surface area contributed by atoms with Gasteiger partial charge in [0.1, 0.15) is 6.61 Å². The van der Waals surface area contributed by atoms with E-state index in [0.717, 1.165) is 31.8 Å². The molecule has 0 unspecified atom stereocenters. The zero-order valence-electron chi connectivity index (χ0n) is 18.2. The summed E-state index contributed by atoms with van der Waals surface area (Å²) in [4.78, 5) is 24.5. The van der Waals surface area contributed by atoms with Crippen molar-refractivity contribution in [2.75, 3.05) is 20.2 Å². The molecule has 4 nitrogen and oxygen atoms in total. The molecule has 0 aliphatic rings. The molecule has 28 heavy (non-hydrogen) atoms. The van der Waals surface area contributed by atoms with Crippen LogP contribution < -0.4 is 0 Å². The summed E-state index contributed by atoms with van der Waals surface area (Å²) in [6.07, 6.45) is 23.8. The Bertz CT molecular complexity index is 468. The first-order valence-corrected chi connectivity index (χ1v) is 10.9.